The normalized spacial score (nSPS) is 15.3. The smallest absolute Gasteiger partial charge is 0.335 e. The molecule has 0 aliphatic carbocycles. The molecule has 1 fully saturated rings. The topological polar surface area (TPSA) is 97.2 Å². The molecule has 9 heteroatoms. The second-order valence-corrected chi connectivity index (χ2v) is 9.53. The number of nitrogens with zero attached hydrogens (tertiary/aromatic N) is 1. The first-order valence-corrected chi connectivity index (χ1v) is 12.1. The van der Waals surface area contributed by atoms with Crippen molar-refractivity contribution in [3.8, 4) is 11.5 Å². The molecule has 0 radical (unpaired) electrons. The van der Waals surface area contributed by atoms with Gasteiger partial charge in [-0.3, -0.25) is 4.79 Å². The van der Waals surface area contributed by atoms with Gasteiger partial charge in [-0.25, -0.2) is 9.79 Å². The number of carbonyl (C=O) groups excluding carboxylic acids is 1. The van der Waals surface area contributed by atoms with Crippen molar-refractivity contribution in [2.75, 3.05) is 7.11 Å². The highest BCUT2D eigenvalue weighted by atomic mass is 79.9. The molecule has 1 aliphatic heterocycles. The summed E-state index contributed by atoms with van der Waals surface area (Å²) in [4.78, 5) is 28.8. The van der Waals surface area contributed by atoms with Crippen LogP contribution in [0.5, 0.6) is 11.5 Å². The maximum absolute atomic E-state index is 12.6. The van der Waals surface area contributed by atoms with E-state index < -0.39 is 5.97 Å². The van der Waals surface area contributed by atoms with E-state index in [1.165, 1.54) is 23.9 Å². The number of amides is 1. The van der Waals surface area contributed by atoms with Crippen LogP contribution < -0.4 is 14.8 Å². The summed E-state index contributed by atoms with van der Waals surface area (Å²) in [5.74, 6) is -0.236. The monoisotopic (exact) mass is 552 g/mol. The second-order valence-electron chi connectivity index (χ2n) is 7.58. The number of para-hydroxylation sites is 1. The van der Waals surface area contributed by atoms with E-state index in [1.54, 1.807) is 31.4 Å². The number of carbonyl (C=O) groups is 2. The molecule has 0 atom stereocenters. The fraction of sp³-hybridized carbons (Fsp3) is 0.115. The number of thioether (sulfide) groups is 1. The number of ether oxygens (including phenoxy) is 2. The zero-order valence-corrected chi connectivity index (χ0v) is 21.3. The van der Waals surface area contributed by atoms with Crippen molar-refractivity contribution in [3.63, 3.8) is 0 Å². The van der Waals surface area contributed by atoms with E-state index >= 15 is 0 Å². The highest BCUT2D eigenvalue weighted by Gasteiger charge is 2.25. The number of halogens is 1. The lowest BCUT2D eigenvalue weighted by atomic mass is 10.1. The number of aryl methyl sites for hydroxylation is 1. The Balaban J connectivity index is 1.57. The number of rotatable bonds is 7. The number of carboxylic acids is 1. The Morgan fingerprint density at radius 1 is 1.17 bits per heavy atom. The lowest BCUT2D eigenvalue weighted by Crippen LogP contribution is -2.19. The molecule has 0 bridgehead atoms. The van der Waals surface area contributed by atoms with Crippen molar-refractivity contribution >= 4 is 56.5 Å². The third kappa shape index (κ3) is 5.93. The number of amidine groups is 1. The molecular formula is C26H21BrN2O5S. The number of aromatic carboxylic acids is 1. The first kappa shape index (κ1) is 24.6. The van der Waals surface area contributed by atoms with Gasteiger partial charge in [0.05, 0.1) is 23.3 Å². The van der Waals surface area contributed by atoms with Gasteiger partial charge in [-0.15, -0.1) is 0 Å². The van der Waals surface area contributed by atoms with E-state index in [0.717, 1.165) is 21.3 Å². The van der Waals surface area contributed by atoms with E-state index in [0.29, 0.717) is 27.1 Å². The molecule has 4 rings (SSSR count). The third-order valence-corrected chi connectivity index (χ3v) is 6.53. The van der Waals surface area contributed by atoms with Crippen LogP contribution in [0.4, 0.5) is 5.69 Å². The van der Waals surface area contributed by atoms with Gasteiger partial charge in [0.15, 0.2) is 16.7 Å². The van der Waals surface area contributed by atoms with Crippen molar-refractivity contribution in [2.45, 2.75) is 13.5 Å². The number of methoxy groups -OCH3 is 1. The maximum atomic E-state index is 12.6. The van der Waals surface area contributed by atoms with Gasteiger partial charge >= 0.3 is 5.97 Å². The minimum atomic E-state index is -0.985. The molecule has 0 aromatic heterocycles. The summed E-state index contributed by atoms with van der Waals surface area (Å²) in [6, 6.07) is 17.6. The number of aliphatic imine (C=N–C) groups is 1. The SMILES string of the molecule is COc1cccc(/C=C2\SC(=Nc3ccc(Br)cc3C)NC2=O)c1OCc1ccc(C(=O)O)cc1. The van der Waals surface area contributed by atoms with Crippen molar-refractivity contribution < 1.29 is 24.2 Å². The van der Waals surface area contributed by atoms with Gasteiger partial charge in [0, 0.05) is 10.0 Å². The molecule has 1 aliphatic rings. The Bertz CT molecular complexity index is 1350. The van der Waals surface area contributed by atoms with Crippen molar-refractivity contribution in [1.29, 1.82) is 0 Å². The number of hydrogen-bond acceptors (Lipinski definition) is 6. The van der Waals surface area contributed by atoms with Crippen LogP contribution in [0.25, 0.3) is 6.08 Å². The molecule has 2 N–H and O–H groups in total. The van der Waals surface area contributed by atoms with Crippen LogP contribution in [-0.4, -0.2) is 29.3 Å². The molecule has 1 saturated heterocycles. The van der Waals surface area contributed by atoms with Gasteiger partial charge in [0.2, 0.25) is 0 Å². The number of benzene rings is 3. The van der Waals surface area contributed by atoms with Crippen LogP contribution in [0, 0.1) is 6.92 Å². The molecule has 3 aromatic rings. The average molecular weight is 553 g/mol. The summed E-state index contributed by atoms with van der Waals surface area (Å²) in [5, 5.41) is 12.4. The zero-order chi connectivity index (χ0) is 24.9. The lowest BCUT2D eigenvalue weighted by molar-refractivity contribution is -0.115. The van der Waals surface area contributed by atoms with E-state index in [1.807, 2.05) is 37.3 Å². The van der Waals surface area contributed by atoms with Crippen LogP contribution in [-0.2, 0) is 11.4 Å². The van der Waals surface area contributed by atoms with Gasteiger partial charge in [0.25, 0.3) is 5.91 Å². The highest BCUT2D eigenvalue weighted by Crippen LogP contribution is 2.36. The number of nitrogens with one attached hydrogen (secondary N) is 1. The molecule has 3 aromatic carbocycles. The van der Waals surface area contributed by atoms with E-state index in [9.17, 15) is 9.59 Å². The minimum Gasteiger partial charge on any atom is -0.493 e. The summed E-state index contributed by atoms with van der Waals surface area (Å²) in [6.07, 6.45) is 1.74. The van der Waals surface area contributed by atoms with Crippen LogP contribution in [0.3, 0.4) is 0 Å². The number of carboxylic acid groups (broad SMARTS) is 1. The molecule has 178 valence electrons. The van der Waals surface area contributed by atoms with Crippen LogP contribution >= 0.6 is 27.7 Å². The first-order chi connectivity index (χ1) is 16.8. The summed E-state index contributed by atoms with van der Waals surface area (Å²) < 4.78 is 12.5. The predicted octanol–water partition coefficient (Wildman–Crippen LogP) is 5.93. The fourth-order valence-electron chi connectivity index (χ4n) is 3.34. The molecule has 0 unspecified atom stereocenters. The third-order valence-electron chi connectivity index (χ3n) is 5.13. The Kier molecular flexibility index (Phi) is 7.57. The van der Waals surface area contributed by atoms with Gasteiger partial charge in [-0.05, 0) is 72.3 Å². The van der Waals surface area contributed by atoms with Crippen LogP contribution in [0.15, 0.2) is 75.0 Å². The largest absolute Gasteiger partial charge is 0.493 e. The lowest BCUT2D eigenvalue weighted by Gasteiger charge is -2.14. The summed E-state index contributed by atoms with van der Waals surface area (Å²) >= 11 is 4.69. The molecule has 0 saturated carbocycles. The standard InChI is InChI=1S/C26H21BrN2O5S/c1-15-12-19(27)10-11-20(15)28-26-29-24(30)22(35-26)13-18-4-3-5-21(33-2)23(18)34-14-16-6-8-17(9-7-16)25(31)32/h3-13H,14H2,1-2H3,(H,31,32)(H,28,29,30)/b22-13-. The molecule has 0 spiro atoms. The predicted molar refractivity (Wildman–Crippen MR) is 140 cm³/mol. The van der Waals surface area contributed by atoms with Crippen molar-refractivity contribution in [1.82, 2.24) is 5.32 Å². The summed E-state index contributed by atoms with van der Waals surface area (Å²) in [7, 11) is 1.54. The Hall–Kier alpha value is -3.56. The Morgan fingerprint density at radius 3 is 2.63 bits per heavy atom. The first-order valence-electron chi connectivity index (χ1n) is 10.5. The van der Waals surface area contributed by atoms with Crippen molar-refractivity contribution in [2.24, 2.45) is 4.99 Å². The van der Waals surface area contributed by atoms with Crippen molar-refractivity contribution in [3.05, 3.63) is 92.3 Å². The Labute approximate surface area is 215 Å². The molecule has 7 nitrogen and oxygen atoms in total. The fourth-order valence-corrected chi connectivity index (χ4v) is 4.64. The quantitative estimate of drug-likeness (QED) is 0.352. The average Bonchev–Trinajstić information content (AvgIpc) is 3.18. The summed E-state index contributed by atoms with van der Waals surface area (Å²) in [6.45, 7) is 2.16. The minimum absolute atomic E-state index is 0.200. The molecular weight excluding hydrogens is 532 g/mol. The summed E-state index contributed by atoms with van der Waals surface area (Å²) in [5.41, 5.74) is 3.43. The van der Waals surface area contributed by atoms with Gasteiger partial charge in [-0.1, -0.05) is 40.2 Å². The maximum Gasteiger partial charge on any atom is 0.335 e. The molecule has 1 amide bonds. The van der Waals surface area contributed by atoms with E-state index in [4.69, 9.17) is 14.6 Å². The Morgan fingerprint density at radius 2 is 1.94 bits per heavy atom. The van der Waals surface area contributed by atoms with Crippen LogP contribution in [0.1, 0.15) is 27.0 Å². The second kappa shape index (κ2) is 10.8. The van der Waals surface area contributed by atoms with Crippen LogP contribution in [0.2, 0.25) is 0 Å². The molecule has 35 heavy (non-hydrogen) atoms. The molecule has 1 heterocycles. The highest BCUT2D eigenvalue weighted by molar-refractivity contribution is 9.10. The van der Waals surface area contributed by atoms with Gasteiger partial charge in [-0.2, -0.15) is 0 Å². The zero-order valence-electron chi connectivity index (χ0n) is 18.9. The van der Waals surface area contributed by atoms with E-state index in [2.05, 4.69) is 26.2 Å². The van der Waals surface area contributed by atoms with E-state index in [-0.39, 0.29) is 18.1 Å². The van der Waals surface area contributed by atoms with Gasteiger partial charge < -0.3 is 19.9 Å². The van der Waals surface area contributed by atoms with Gasteiger partial charge in [0.1, 0.15) is 6.61 Å². The number of hydrogen-bond donors (Lipinski definition) is 2.